The Hall–Kier alpha value is -0.470. The summed E-state index contributed by atoms with van der Waals surface area (Å²) in [4.78, 5) is 0. The Balaban J connectivity index is 2.39. The van der Waals surface area contributed by atoms with Gasteiger partial charge in [-0.25, -0.2) is 0 Å². The molecule has 0 unspecified atom stereocenters. The summed E-state index contributed by atoms with van der Waals surface area (Å²) < 4.78 is 0. The molecule has 0 saturated heterocycles. The first kappa shape index (κ1) is 10.1. The molecular formula is C12H16OS. The van der Waals surface area contributed by atoms with Crippen LogP contribution in [0.3, 0.4) is 0 Å². The highest BCUT2D eigenvalue weighted by molar-refractivity contribution is 7.98. The van der Waals surface area contributed by atoms with E-state index in [0.29, 0.717) is 0 Å². The highest BCUT2D eigenvalue weighted by Gasteiger charge is 2.16. The molecule has 0 saturated carbocycles. The summed E-state index contributed by atoms with van der Waals surface area (Å²) in [6.07, 6.45) is 1.70. The van der Waals surface area contributed by atoms with Crippen LogP contribution in [0.15, 0.2) is 18.2 Å². The van der Waals surface area contributed by atoms with Gasteiger partial charge in [0.2, 0.25) is 0 Å². The fraction of sp³-hybridized carbons (Fsp3) is 0.500. The minimum absolute atomic E-state index is 0.244. The number of aryl methyl sites for hydroxylation is 1. The van der Waals surface area contributed by atoms with E-state index in [9.17, 15) is 5.11 Å². The van der Waals surface area contributed by atoms with Gasteiger partial charge in [-0.15, -0.1) is 0 Å². The number of fused-ring (bicyclic) bond motifs is 1. The molecule has 1 N–H and O–H groups in total. The first-order valence-corrected chi connectivity index (χ1v) is 6.34. The van der Waals surface area contributed by atoms with Crippen LogP contribution < -0.4 is 0 Å². The monoisotopic (exact) mass is 208 g/mol. The average Bonchev–Trinajstić information content (AvgIpc) is 2.40. The summed E-state index contributed by atoms with van der Waals surface area (Å²) in [5, 5.41) is 9.95. The van der Waals surface area contributed by atoms with Crippen LogP contribution in [0.25, 0.3) is 0 Å². The van der Waals surface area contributed by atoms with Gasteiger partial charge in [-0.3, -0.25) is 0 Å². The largest absolute Gasteiger partial charge is 0.388 e. The van der Waals surface area contributed by atoms with Gasteiger partial charge in [0, 0.05) is 5.75 Å². The molecule has 2 rings (SSSR count). The Labute approximate surface area is 89.5 Å². The summed E-state index contributed by atoms with van der Waals surface area (Å²) in [5.74, 6) is 2.12. The lowest BCUT2D eigenvalue weighted by Gasteiger charge is -2.12. The average molecular weight is 208 g/mol. The second-order valence-corrected chi connectivity index (χ2v) is 4.85. The maximum atomic E-state index is 9.95. The molecule has 0 radical (unpaired) electrons. The molecule has 1 aromatic rings. The third-order valence-electron chi connectivity index (χ3n) is 2.77. The van der Waals surface area contributed by atoms with Crippen LogP contribution in [-0.2, 0) is 12.2 Å². The van der Waals surface area contributed by atoms with E-state index in [1.807, 2.05) is 11.8 Å². The van der Waals surface area contributed by atoms with E-state index in [-0.39, 0.29) is 6.10 Å². The van der Waals surface area contributed by atoms with Gasteiger partial charge in [0.25, 0.3) is 0 Å². The van der Waals surface area contributed by atoms with E-state index < -0.39 is 0 Å². The minimum atomic E-state index is -0.244. The standard InChI is InChI=1S/C12H16OS/c1-2-9-3-4-10-8-14-6-5-12(13)11(10)7-9/h3-4,7,12-13H,2,5-6,8H2,1H3/t12-/m1/s1. The Morgan fingerprint density at radius 1 is 1.50 bits per heavy atom. The van der Waals surface area contributed by atoms with Gasteiger partial charge in [0.1, 0.15) is 0 Å². The molecular weight excluding hydrogens is 192 g/mol. The molecule has 1 atom stereocenters. The van der Waals surface area contributed by atoms with Crippen LogP contribution in [0.4, 0.5) is 0 Å². The quantitative estimate of drug-likeness (QED) is 0.765. The van der Waals surface area contributed by atoms with Gasteiger partial charge in [-0.2, -0.15) is 11.8 Å². The van der Waals surface area contributed by atoms with Gasteiger partial charge < -0.3 is 5.11 Å². The number of hydrogen-bond donors (Lipinski definition) is 1. The van der Waals surface area contributed by atoms with E-state index in [1.54, 1.807) is 0 Å². The minimum Gasteiger partial charge on any atom is -0.388 e. The van der Waals surface area contributed by atoms with Gasteiger partial charge >= 0.3 is 0 Å². The maximum absolute atomic E-state index is 9.95. The molecule has 14 heavy (non-hydrogen) atoms. The predicted octanol–water partition coefficient (Wildman–Crippen LogP) is 2.92. The van der Waals surface area contributed by atoms with Crippen LogP contribution in [0.5, 0.6) is 0 Å². The van der Waals surface area contributed by atoms with E-state index >= 15 is 0 Å². The van der Waals surface area contributed by atoms with Crippen molar-refractivity contribution in [3.8, 4) is 0 Å². The normalized spacial score (nSPS) is 21.4. The smallest absolute Gasteiger partial charge is 0.0801 e. The molecule has 1 aliphatic heterocycles. The fourth-order valence-electron chi connectivity index (χ4n) is 1.84. The van der Waals surface area contributed by atoms with Crippen molar-refractivity contribution in [3.63, 3.8) is 0 Å². The van der Waals surface area contributed by atoms with Gasteiger partial charge in [-0.05, 0) is 35.3 Å². The lowest BCUT2D eigenvalue weighted by atomic mass is 9.98. The lowest BCUT2D eigenvalue weighted by molar-refractivity contribution is 0.175. The van der Waals surface area contributed by atoms with Crippen molar-refractivity contribution in [2.24, 2.45) is 0 Å². The Kier molecular flexibility index (Phi) is 3.14. The number of benzene rings is 1. The zero-order valence-electron chi connectivity index (χ0n) is 8.49. The molecule has 2 heteroatoms. The van der Waals surface area contributed by atoms with Crippen LogP contribution in [0, 0.1) is 0 Å². The van der Waals surface area contributed by atoms with Crippen LogP contribution in [0.1, 0.15) is 36.1 Å². The Morgan fingerprint density at radius 2 is 2.36 bits per heavy atom. The van der Waals surface area contributed by atoms with E-state index in [4.69, 9.17) is 0 Å². The Morgan fingerprint density at radius 3 is 3.14 bits per heavy atom. The molecule has 0 amide bonds. The van der Waals surface area contributed by atoms with Crippen LogP contribution in [0.2, 0.25) is 0 Å². The fourth-order valence-corrected chi connectivity index (χ4v) is 2.86. The second kappa shape index (κ2) is 4.37. The van der Waals surface area contributed by atoms with E-state index in [0.717, 1.165) is 29.9 Å². The first-order valence-electron chi connectivity index (χ1n) is 5.18. The molecule has 0 spiro atoms. The van der Waals surface area contributed by atoms with Gasteiger partial charge in [-0.1, -0.05) is 25.1 Å². The number of aliphatic hydroxyl groups is 1. The number of thioether (sulfide) groups is 1. The van der Waals surface area contributed by atoms with E-state index in [2.05, 4.69) is 25.1 Å². The molecule has 1 aromatic carbocycles. The maximum Gasteiger partial charge on any atom is 0.0801 e. The van der Waals surface area contributed by atoms with Crippen molar-refractivity contribution in [3.05, 3.63) is 34.9 Å². The molecule has 1 aliphatic rings. The van der Waals surface area contributed by atoms with Crippen molar-refractivity contribution in [2.45, 2.75) is 31.6 Å². The van der Waals surface area contributed by atoms with Crippen molar-refractivity contribution in [1.82, 2.24) is 0 Å². The molecule has 76 valence electrons. The summed E-state index contributed by atoms with van der Waals surface area (Å²) in [7, 11) is 0. The molecule has 0 aliphatic carbocycles. The summed E-state index contributed by atoms with van der Waals surface area (Å²) in [6.45, 7) is 2.15. The van der Waals surface area contributed by atoms with Gasteiger partial charge in [0.05, 0.1) is 6.10 Å². The topological polar surface area (TPSA) is 20.2 Å². The zero-order chi connectivity index (χ0) is 9.97. The highest BCUT2D eigenvalue weighted by Crippen LogP contribution is 2.31. The summed E-state index contributed by atoms with van der Waals surface area (Å²) in [6, 6.07) is 6.53. The molecule has 0 fully saturated rings. The lowest BCUT2D eigenvalue weighted by Crippen LogP contribution is -2.00. The Bertz CT molecular complexity index is 322. The van der Waals surface area contributed by atoms with E-state index in [1.165, 1.54) is 11.1 Å². The third kappa shape index (κ3) is 1.96. The number of rotatable bonds is 1. The van der Waals surface area contributed by atoms with Crippen LogP contribution in [-0.4, -0.2) is 10.9 Å². The second-order valence-electron chi connectivity index (χ2n) is 3.74. The van der Waals surface area contributed by atoms with Crippen molar-refractivity contribution < 1.29 is 5.11 Å². The van der Waals surface area contributed by atoms with Crippen molar-refractivity contribution in [1.29, 1.82) is 0 Å². The molecule has 0 aromatic heterocycles. The first-order chi connectivity index (χ1) is 6.81. The summed E-state index contributed by atoms with van der Waals surface area (Å²) >= 11 is 1.92. The molecule has 1 heterocycles. The number of hydrogen-bond acceptors (Lipinski definition) is 2. The van der Waals surface area contributed by atoms with Gasteiger partial charge in [0.15, 0.2) is 0 Å². The van der Waals surface area contributed by atoms with Crippen LogP contribution >= 0.6 is 11.8 Å². The SMILES string of the molecule is CCc1ccc2c(c1)[C@H](O)CCSC2. The summed E-state index contributed by atoms with van der Waals surface area (Å²) in [5.41, 5.74) is 3.81. The molecule has 1 nitrogen and oxygen atoms in total. The predicted molar refractivity (Wildman–Crippen MR) is 61.6 cm³/mol. The van der Waals surface area contributed by atoms with Crippen molar-refractivity contribution >= 4 is 11.8 Å². The highest BCUT2D eigenvalue weighted by atomic mass is 32.2. The zero-order valence-corrected chi connectivity index (χ0v) is 9.31. The van der Waals surface area contributed by atoms with Crippen molar-refractivity contribution in [2.75, 3.05) is 5.75 Å². The number of aliphatic hydroxyl groups excluding tert-OH is 1. The molecule has 0 bridgehead atoms. The third-order valence-corrected chi connectivity index (χ3v) is 3.81.